The van der Waals surface area contributed by atoms with Crippen LogP contribution >= 0.6 is 0 Å². The van der Waals surface area contributed by atoms with Crippen LogP contribution in [0.25, 0.3) is 0 Å². The lowest BCUT2D eigenvalue weighted by Crippen LogP contribution is -2.29. The number of aromatic nitrogens is 3. The highest BCUT2D eigenvalue weighted by Gasteiger charge is 2.40. The molecule has 4 rings (SSSR count). The number of carbonyl (C=O) groups is 1. The molecule has 0 radical (unpaired) electrons. The Kier molecular flexibility index (Phi) is 6.20. The van der Waals surface area contributed by atoms with Crippen molar-refractivity contribution in [3.05, 3.63) is 41.0 Å². The summed E-state index contributed by atoms with van der Waals surface area (Å²) in [5.41, 5.74) is 3.53. The minimum Gasteiger partial charge on any atom is -0.326 e. The summed E-state index contributed by atoms with van der Waals surface area (Å²) in [6.45, 7) is 12.4. The van der Waals surface area contributed by atoms with Crippen LogP contribution in [-0.4, -0.2) is 33.8 Å². The van der Waals surface area contributed by atoms with Crippen LogP contribution in [0.3, 0.4) is 0 Å². The summed E-state index contributed by atoms with van der Waals surface area (Å²) >= 11 is 0. The van der Waals surface area contributed by atoms with Crippen molar-refractivity contribution in [2.45, 2.75) is 78.7 Å². The van der Waals surface area contributed by atoms with Crippen LogP contribution in [0.15, 0.2) is 18.2 Å². The van der Waals surface area contributed by atoms with Gasteiger partial charge in [0.2, 0.25) is 5.91 Å². The van der Waals surface area contributed by atoms with E-state index in [1.807, 2.05) is 19.1 Å². The first-order valence-corrected chi connectivity index (χ1v) is 11.8. The first-order valence-electron chi connectivity index (χ1n) is 11.8. The van der Waals surface area contributed by atoms with Crippen LogP contribution in [0, 0.1) is 25.2 Å². The Hall–Kier alpha value is -2.21. The van der Waals surface area contributed by atoms with Gasteiger partial charge in [0.15, 0.2) is 0 Å². The van der Waals surface area contributed by atoms with Crippen LogP contribution in [0.4, 0.5) is 5.69 Å². The first kappa shape index (κ1) is 22.0. The lowest BCUT2D eigenvalue weighted by atomic mass is 9.90. The van der Waals surface area contributed by atoms with Gasteiger partial charge < -0.3 is 15.2 Å². The molecule has 1 saturated heterocycles. The van der Waals surface area contributed by atoms with Gasteiger partial charge in [-0.1, -0.05) is 38.5 Å². The molecule has 1 aromatic heterocycles. The van der Waals surface area contributed by atoms with Crippen molar-refractivity contribution in [2.75, 3.05) is 18.4 Å². The van der Waals surface area contributed by atoms with Crippen LogP contribution in [0.2, 0.25) is 0 Å². The van der Waals surface area contributed by atoms with Gasteiger partial charge in [-0.25, -0.2) is 0 Å². The average Bonchev–Trinajstić information content (AvgIpc) is 3.24. The maximum Gasteiger partial charge on any atom is 0.229 e. The molecule has 0 bridgehead atoms. The summed E-state index contributed by atoms with van der Waals surface area (Å²) in [5.74, 6) is 2.10. The van der Waals surface area contributed by atoms with Crippen molar-refractivity contribution in [1.29, 1.82) is 0 Å². The minimum atomic E-state index is -0.134. The second kappa shape index (κ2) is 8.73. The minimum absolute atomic E-state index is 0.0650. The van der Waals surface area contributed by atoms with E-state index in [-0.39, 0.29) is 17.7 Å². The number of hydrogen-bond donors (Lipinski definition) is 2. The Labute approximate surface area is 186 Å². The molecule has 1 aliphatic heterocycles. The van der Waals surface area contributed by atoms with Crippen molar-refractivity contribution in [3.8, 4) is 0 Å². The van der Waals surface area contributed by atoms with Crippen LogP contribution < -0.4 is 10.6 Å². The molecule has 168 valence electrons. The van der Waals surface area contributed by atoms with E-state index in [0.29, 0.717) is 18.0 Å². The van der Waals surface area contributed by atoms with Gasteiger partial charge in [0.05, 0.1) is 5.92 Å². The summed E-state index contributed by atoms with van der Waals surface area (Å²) in [4.78, 5) is 13.2. The summed E-state index contributed by atoms with van der Waals surface area (Å²) in [6, 6.07) is 6.66. The zero-order chi connectivity index (χ0) is 22.2. The molecule has 6 heteroatoms. The van der Waals surface area contributed by atoms with E-state index in [9.17, 15) is 4.79 Å². The maximum absolute atomic E-state index is 13.2. The number of nitrogens with zero attached hydrogens (tertiary/aromatic N) is 3. The number of benzene rings is 1. The molecule has 2 fully saturated rings. The maximum atomic E-state index is 13.2. The molecular weight excluding hydrogens is 386 g/mol. The van der Waals surface area contributed by atoms with Gasteiger partial charge >= 0.3 is 0 Å². The van der Waals surface area contributed by atoms with E-state index in [1.54, 1.807) is 0 Å². The highest BCUT2D eigenvalue weighted by atomic mass is 16.2. The summed E-state index contributed by atoms with van der Waals surface area (Å²) in [6.07, 6.45) is 5.63. The second-order valence-corrected chi connectivity index (χ2v) is 10.7. The number of nitrogens with one attached hydrogen (secondary N) is 2. The average molecular weight is 424 g/mol. The monoisotopic (exact) mass is 423 g/mol. The molecule has 6 nitrogen and oxygen atoms in total. The largest absolute Gasteiger partial charge is 0.326 e. The molecule has 2 N–H and O–H groups in total. The quantitative estimate of drug-likeness (QED) is 0.686. The molecule has 0 unspecified atom stereocenters. The van der Waals surface area contributed by atoms with Gasteiger partial charge in [0.1, 0.15) is 11.6 Å². The number of rotatable bonds is 7. The van der Waals surface area contributed by atoms with Crippen molar-refractivity contribution in [3.63, 3.8) is 0 Å². The number of hydrogen-bond acceptors (Lipinski definition) is 4. The van der Waals surface area contributed by atoms with Crippen LogP contribution in [0.1, 0.15) is 81.2 Å². The normalized spacial score (nSPS) is 21.5. The zero-order valence-electron chi connectivity index (χ0n) is 19.7. The summed E-state index contributed by atoms with van der Waals surface area (Å²) < 4.78 is 2.37. The van der Waals surface area contributed by atoms with Gasteiger partial charge in [-0.3, -0.25) is 4.79 Å². The molecule has 2 atom stereocenters. The SMILES string of the molecule is Cc1ccc(NC(=O)[C@H]2CNC[C@@H]2c2nnc(CCCC(C)(C)C)n2C2CC2)c(C)c1. The van der Waals surface area contributed by atoms with Crippen molar-refractivity contribution in [1.82, 2.24) is 20.1 Å². The lowest BCUT2D eigenvalue weighted by Gasteiger charge is -2.20. The van der Waals surface area contributed by atoms with E-state index in [4.69, 9.17) is 0 Å². The van der Waals surface area contributed by atoms with E-state index in [0.717, 1.165) is 42.3 Å². The van der Waals surface area contributed by atoms with Crippen LogP contribution in [0.5, 0.6) is 0 Å². The van der Waals surface area contributed by atoms with Gasteiger partial charge in [-0.15, -0.1) is 10.2 Å². The van der Waals surface area contributed by atoms with Crippen LogP contribution in [-0.2, 0) is 11.2 Å². The molecule has 2 aliphatic rings. The number of anilines is 1. The molecule has 2 heterocycles. The molecule has 1 aromatic carbocycles. The Bertz CT molecular complexity index is 938. The van der Waals surface area contributed by atoms with E-state index < -0.39 is 0 Å². The standard InChI is InChI=1S/C25H37N5O/c1-16-8-11-21(17(2)13-16)27-24(31)20-15-26-14-19(20)23-29-28-22(30(23)18-9-10-18)7-6-12-25(3,4)5/h8,11,13,18-20,26H,6-7,9-10,12,14-15H2,1-5H3,(H,27,31)/t19-,20-/m0/s1. The Morgan fingerprint density at radius 3 is 2.65 bits per heavy atom. The van der Waals surface area contributed by atoms with E-state index >= 15 is 0 Å². The predicted octanol–water partition coefficient (Wildman–Crippen LogP) is 4.54. The third-order valence-electron chi connectivity index (χ3n) is 6.55. The highest BCUT2D eigenvalue weighted by Crippen LogP contribution is 2.40. The molecule has 1 saturated carbocycles. The van der Waals surface area contributed by atoms with Gasteiger partial charge in [-0.05, 0) is 56.6 Å². The fourth-order valence-electron chi connectivity index (χ4n) is 4.67. The predicted molar refractivity (Wildman–Crippen MR) is 124 cm³/mol. The van der Waals surface area contributed by atoms with Crippen molar-refractivity contribution >= 4 is 11.6 Å². The molecule has 1 aliphatic carbocycles. The van der Waals surface area contributed by atoms with E-state index in [2.05, 4.69) is 59.2 Å². The second-order valence-electron chi connectivity index (χ2n) is 10.7. The van der Waals surface area contributed by atoms with Gasteiger partial charge in [0, 0.05) is 37.2 Å². The zero-order valence-corrected chi connectivity index (χ0v) is 19.7. The fourth-order valence-corrected chi connectivity index (χ4v) is 4.67. The third kappa shape index (κ3) is 5.17. The Morgan fingerprint density at radius 1 is 1.19 bits per heavy atom. The topological polar surface area (TPSA) is 71.8 Å². The summed E-state index contributed by atoms with van der Waals surface area (Å²) in [5, 5.41) is 15.8. The Balaban J connectivity index is 1.51. The van der Waals surface area contributed by atoms with Crippen molar-refractivity contribution < 1.29 is 4.79 Å². The van der Waals surface area contributed by atoms with Gasteiger partial charge in [0.25, 0.3) is 0 Å². The van der Waals surface area contributed by atoms with Gasteiger partial charge in [-0.2, -0.15) is 0 Å². The smallest absolute Gasteiger partial charge is 0.229 e. The van der Waals surface area contributed by atoms with E-state index in [1.165, 1.54) is 24.8 Å². The molecule has 1 amide bonds. The number of carbonyl (C=O) groups excluding carboxylic acids is 1. The Morgan fingerprint density at radius 2 is 1.97 bits per heavy atom. The fraction of sp³-hybridized carbons (Fsp3) is 0.640. The summed E-state index contributed by atoms with van der Waals surface area (Å²) in [7, 11) is 0. The van der Waals surface area contributed by atoms with Crippen molar-refractivity contribution in [2.24, 2.45) is 11.3 Å². The third-order valence-corrected chi connectivity index (χ3v) is 6.55. The number of aryl methyl sites for hydroxylation is 3. The first-order chi connectivity index (χ1) is 14.7. The number of amides is 1. The molecule has 2 aromatic rings. The molecule has 31 heavy (non-hydrogen) atoms. The lowest BCUT2D eigenvalue weighted by molar-refractivity contribution is -0.119. The molecular formula is C25H37N5O. The molecule has 0 spiro atoms. The highest BCUT2D eigenvalue weighted by molar-refractivity contribution is 5.94.